The molecule has 4 nitrogen and oxygen atoms in total. The standard InChI is InChI=1S/C8H15N3O/c1-8(2,3)11(6-7-12)10-5-4-9/h5,12H,6-7H2,1-3H3/b10-5+. The minimum atomic E-state index is -0.157. The van der Waals surface area contributed by atoms with Crippen LogP contribution in [-0.2, 0) is 0 Å². The minimum Gasteiger partial charge on any atom is -0.394 e. The number of aliphatic hydroxyl groups excluding tert-OH is 1. The first-order valence-electron chi connectivity index (χ1n) is 3.83. The summed E-state index contributed by atoms with van der Waals surface area (Å²) in [6.07, 6.45) is 1.17. The fourth-order valence-corrected chi connectivity index (χ4v) is 0.757. The number of nitriles is 1. The van der Waals surface area contributed by atoms with Gasteiger partial charge in [-0.2, -0.15) is 10.4 Å². The summed E-state index contributed by atoms with van der Waals surface area (Å²) in [6.45, 7) is 6.40. The zero-order chi connectivity index (χ0) is 9.61. The molecule has 0 atom stereocenters. The van der Waals surface area contributed by atoms with Crippen LogP contribution in [0.4, 0.5) is 0 Å². The second kappa shape index (κ2) is 4.73. The van der Waals surface area contributed by atoms with Crippen LogP contribution < -0.4 is 0 Å². The molecule has 0 aromatic heterocycles. The van der Waals surface area contributed by atoms with E-state index in [1.165, 1.54) is 6.21 Å². The van der Waals surface area contributed by atoms with E-state index in [-0.39, 0.29) is 12.1 Å². The van der Waals surface area contributed by atoms with Crippen LogP contribution in [0, 0.1) is 11.3 Å². The zero-order valence-corrected chi connectivity index (χ0v) is 7.78. The largest absolute Gasteiger partial charge is 0.394 e. The summed E-state index contributed by atoms with van der Waals surface area (Å²) in [5.74, 6) is 0. The van der Waals surface area contributed by atoms with Gasteiger partial charge in [0, 0.05) is 5.54 Å². The SMILES string of the molecule is CC(C)(C)N(CCO)/N=C/C#N. The number of nitrogens with zero attached hydrogens (tertiary/aromatic N) is 3. The van der Waals surface area contributed by atoms with E-state index in [1.807, 2.05) is 26.8 Å². The van der Waals surface area contributed by atoms with Crippen LogP contribution in [0.15, 0.2) is 5.10 Å². The normalized spacial score (nSPS) is 11.6. The smallest absolute Gasteiger partial charge is 0.124 e. The molecule has 0 aliphatic heterocycles. The van der Waals surface area contributed by atoms with Crippen LogP contribution in [0.3, 0.4) is 0 Å². The Morgan fingerprint density at radius 3 is 2.50 bits per heavy atom. The monoisotopic (exact) mass is 169 g/mol. The van der Waals surface area contributed by atoms with Gasteiger partial charge >= 0.3 is 0 Å². The van der Waals surface area contributed by atoms with Gasteiger partial charge in [0.15, 0.2) is 0 Å². The molecular formula is C8H15N3O. The highest BCUT2D eigenvalue weighted by Gasteiger charge is 2.18. The second-order valence-electron chi connectivity index (χ2n) is 3.39. The lowest BCUT2D eigenvalue weighted by Crippen LogP contribution is -2.39. The number of rotatable bonds is 3. The molecule has 0 saturated heterocycles. The van der Waals surface area contributed by atoms with E-state index in [2.05, 4.69) is 5.10 Å². The van der Waals surface area contributed by atoms with Gasteiger partial charge in [0.1, 0.15) is 12.3 Å². The van der Waals surface area contributed by atoms with E-state index in [0.717, 1.165) is 0 Å². The third-order valence-electron chi connectivity index (χ3n) is 1.34. The topological polar surface area (TPSA) is 59.6 Å². The van der Waals surface area contributed by atoms with Crippen molar-refractivity contribution in [2.75, 3.05) is 13.2 Å². The van der Waals surface area contributed by atoms with Crippen LogP contribution in [0.2, 0.25) is 0 Å². The average molecular weight is 169 g/mol. The van der Waals surface area contributed by atoms with E-state index in [0.29, 0.717) is 6.54 Å². The molecule has 0 bridgehead atoms. The predicted molar refractivity (Wildman–Crippen MR) is 47.6 cm³/mol. The second-order valence-corrected chi connectivity index (χ2v) is 3.39. The maximum atomic E-state index is 8.70. The molecule has 0 fully saturated rings. The van der Waals surface area contributed by atoms with Crippen LogP contribution in [0.25, 0.3) is 0 Å². The Kier molecular flexibility index (Phi) is 4.30. The maximum Gasteiger partial charge on any atom is 0.124 e. The number of aliphatic hydroxyl groups is 1. The molecule has 0 amide bonds. The Bertz CT molecular complexity index is 187. The van der Waals surface area contributed by atoms with Crippen molar-refractivity contribution in [2.24, 2.45) is 5.10 Å². The van der Waals surface area contributed by atoms with Crippen LogP contribution in [-0.4, -0.2) is 35.0 Å². The maximum absolute atomic E-state index is 8.70. The minimum absolute atomic E-state index is 0.0417. The molecule has 0 rings (SSSR count). The molecule has 0 aliphatic carbocycles. The Morgan fingerprint density at radius 2 is 2.17 bits per heavy atom. The van der Waals surface area contributed by atoms with Crippen molar-refractivity contribution >= 4 is 6.21 Å². The van der Waals surface area contributed by atoms with Gasteiger partial charge in [0.25, 0.3) is 0 Å². The highest BCUT2D eigenvalue weighted by molar-refractivity contribution is 5.74. The third kappa shape index (κ3) is 3.94. The molecule has 1 N–H and O–H groups in total. The third-order valence-corrected chi connectivity index (χ3v) is 1.34. The van der Waals surface area contributed by atoms with Gasteiger partial charge in [-0.1, -0.05) is 0 Å². The summed E-state index contributed by atoms with van der Waals surface area (Å²) in [5.41, 5.74) is -0.157. The van der Waals surface area contributed by atoms with Gasteiger partial charge in [-0.3, -0.25) is 5.01 Å². The van der Waals surface area contributed by atoms with Crippen molar-refractivity contribution < 1.29 is 5.11 Å². The quantitative estimate of drug-likeness (QED) is 0.497. The van der Waals surface area contributed by atoms with Gasteiger partial charge in [-0.15, -0.1) is 0 Å². The lowest BCUT2D eigenvalue weighted by atomic mass is 10.1. The molecule has 12 heavy (non-hydrogen) atoms. The number of hydrogen-bond acceptors (Lipinski definition) is 4. The number of β-amino-alcohol motifs (C(OH)–C–C–N with tert-alkyl or cyclic N) is 1. The molecule has 0 aliphatic rings. The van der Waals surface area contributed by atoms with Crippen LogP contribution in [0.5, 0.6) is 0 Å². The molecule has 4 heteroatoms. The van der Waals surface area contributed by atoms with Gasteiger partial charge < -0.3 is 5.11 Å². The summed E-state index contributed by atoms with van der Waals surface area (Å²) >= 11 is 0. The van der Waals surface area contributed by atoms with Crippen molar-refractivity contribution in [2.45, 2.75) is 26.3 Å². The van der Waals surface area contributed by atoms with Gasteiger partial charge in [0.05, 0.1) is 13.2 Å². The van der Waals surface area contributed by atoms with E-state index < -0.39 is 0 Å². The number of hydrogen-bond donors (Lipinski definition) is 1. The van der Waals surface area contributed by atoms with Crippen molar-refractivity contribution in [3.8, 4) is 6.07 Å². The van der Waals surface area contributed by atoms with Crippen molar-refractivity contribution in [3.05, 3.63) is 0 Å². The van der Waals surface area contributed by atoms with E-state index >= 15 is 0 Å². The summed E-state index contributed by atoms with van der Waals surface area (Å²) in [5, 5.41) is 22.5. The molecule has 0 aromatic rings. The fourth-order valence-electron chi connectivity index (χ4n) is 0.757. The molecule has 68 valence electrons. The Labute approximate surface area is 73.1 Å². The van der Waals surface area contributed by atoms with Crippen molar-refractivity contribution in [1.82, 2.24) is 5.01 Å². The lowest BCUT2D eigenvalue weighted by molar-refractivity contribution is 0.111. The molecule has 0 aromatic carbocycles. The van der Waals surface area contributed by atoms with Gasteiger partial charge in [-0.25, -0.2) is 0 Å². The molecule has 0 saturated carbocycles. The molecule has 0 spiro atoms. The first kappa shape index (κ1) is 10.9. The Balaban J connectivity index is 4.25. The molecular weight excluding hydrogens is 154 g/mol. The lowest BCUT2D eigenvalue weighted by Gasteiger charge is -2.31. The number of hydrazone groups is 1. The molecule has 0 unspecified atom stereocenters. The van der Waals surface area contributed by atoms with Gasteiger partial charge in [0.2, 0.25) is 0 Å². The zero-order valence-electron chi connectivity index (χ0n) is 7.78. The summed E-state index contributed by atoms with van der Waals surface area (Å²) in [4.78, 5) is 0. The predicted octanol–water partition coefficient (Wildman–Crippen LogP) is 0.589. The Hall–Kier alpha value is -1.08. The molecule has 0 radical (unpaired) electrons. The van der Waals surface area contributed by atoms with Crippen LogP contribution in [0.1, 0.15) is 20.8 Å². The first-order valence-corrected chi connectivity index (χ1v) is 3.83. The molecule has 0 heterocycles. The fraction of sp³-hybridized carbons (Fsp3) is 0.750. The first-order chi connectivity index (χ1) is 5.52. The Morgan fingerprint density at radius 1 is 1.58 bits per heavy atom. The van der Waals surface area contributed by atoms with Crippen molar-refractivity contribution in [3.63, 3.8) is 0 Å². The van der Waals surface area contributed by atoms with E-state index in [4.69, 9.17) is 10.4 Å². The van der Waals surface area contributed by atoms with Crippen LogP contribution >= 0.6 is 0 Å². The highest BCUT2D eigenvalue weighted by Crippen LogP contribution is 2.12. The highest BCUT2D eigenvalue weighted by atomic mass is 16.3. The summed E-state index contributed by atoms with van der Waals surface area (Å²) in [7, 11) is 0. The van der Waals surface area contributed by atoms with Gasteiger partial charge in [-0.05, 0) is 20.8 Å². The average Bonchev–Trinajstić information content (AvgIpc) is 1.95. The van der Waals surface area contributed by atoms with E-state index in [1.54, 1.807) is 5.01 Å². The summed E-state index contributed by atoms with van der Waals surface area (Å²) < 4.78 is 0. The van der Waals surface area contributed by atoms with Crippen molar-refractivity contribution in [1.29, 1.82) is 5.26 Å². The summed E-state index contributed by atoms with van der Waals surface area (Å²) in [6, 6.07) is 1.81. The van der Waals surface area contributed by atoms with E-state index in [9.17, 15) is 0 Å².